The summed E-state index contributed by atoms with van der Waals surface area (Å²) in [5.41, 5.74) is 1.13. The van der Waals surface area contributed by atoms with E-state index in [9.17, 15) is 0 Å². The Bertz CT molecular complexity index is 351. The van der Waals surface area contributed by atoms with Crippen molar-refractivity contribution < 1.29 is 0 Å². The molecule has 10 heavy (non-hydrogen) atoms. The molecule has 0 atom stereocenters. The molecule has 2 heteroatoms. The molecular weight excluding hydrogens is 190 g/mol. The third-order valence-corrected chi connectivity index (χ3v) is 1.93. The van der Waals surface area contributed by atoms with E-state index in [4.69, 9.17) is 0 Å². The summed E-state index contributed by atoms with van der Waals surface area (Å²) in [6, 6.07) is 9.14. The highest BCUT2D eigenvalue weighted by atomic mass is 79.9. The fourth-order valence-electron chi connectivity index (χ4n) is 0.953. The fourth-order valence-corrected chi connectivity index (χ4v) is 1.31. The van der Waals surface area contributed by atoms with Gasteiger partial charge in [0, 0.05) is 27.6 Å². The van der Waals surface area contributed by atoms with E-state index in [0.717, 1.165) is 15.4 Å². The zero-order valence-electron chi connectivity index (χ0n) is 5.19. The minimum atomic E-state index is 1.09. The van der Waals surface area contributed by atoms with Crippen LogP contribution in [0.3, 0.4) is 0 Å². The lowest BCUT2D eigenvalue weighted by molar-refractivity contribution is 1.47. The molecule has 1 N–H and O–H groups in total. The van der Waals surface area contributed by atoms with Crippen LogP contribution in [-0.4, -0.2) is 4.98 Å². The van der Waals surface area contributed by atoms with Crippen LogP contribution in [-0.2, 0) is 0 Å². The summed E-state index contributed by atoms with van der Waals surface area (Å²) in [7, 11) is 0. The van der Waals surface area contributed by atoms with Crippen LogP contribution in [0.1, 0.15) is 0 Å². The van der Waals surface area contributed by atoms with Gasteiger partial charge >= 0.3 is 0 Å². The molecule has 0 bridgehead atoms. The second kappa shape index (κ2) is 2.13. The lowest BCUT2D eigenvalue weighted by atomic mass is 10.3. The van der Waals surface area contributed by atoms with E-state index in [-0.39, 0.29) is 0 Å². The molecule has 1 nitrogen and oxygen atoms in total. The van der Waals surface area contributed by atoms with Gasteiger partial charge in [0.1, 0.15) is 0 Å². The monoisotopic (exact) mass is 194 g/mol. The molecule has 1 radical (unpaired) electrons. The zero-order valence-corrected chi connectivity index (χ0v) is 6.77. The minimum absolute atomic E-state index is 1.09. The number of hydrogen-bond acceptors (Lipinski definition) is 0. The predicted octanol–water partition coefficient (Wildman–Crippen LogP) is 2.73. The van der Waals surface area contributed by atoms with Gasteiger partial charge in [-0.3, -0.25) is 0 Å². The van der Waals surface area contributed by atoms with Crippen LogP contribution in [0.4, 0.5) is 0 Å². The average Bonchev–Trinajstić information content (AvgIpc) is 2.33. The lowest BCUT2D eigenvalue weighted by Gasteiger charge is -1.88. The fraction of sp³-hybridized carbons (Fsp3) is 0. The first-order chi connectivity index (χ1) is 4.86. The maximum atomic E-state index is 3.38. The summed E-state index contributed by atoms with van der Waals surface area (Å²) in [5.74, 6) is 0. The summed E-state index contributed by atoms with van der Waals surface area (Å²) < 4.78 is 1.09. The summed E-state index contributed by atoms with van der Waals surface area (Å²) >= 11 is 3.38. The maximum Gasteiger partial charge on any atom is 0.0461 e. The Balaban J connectivity index is 2.86. The van der Waals surface area contributed by atoms with Crippen molar-refractivity contribution in [2.75, 3.05) is 0 Å². The van der Waals surface area contributed by atoms with E-state index in [0.29, 0.717) is 0 Å². The highest BCUT2D eigenvalue weighted by molar-refractivity contribution is 9.10. The predicted molar refractivity (Wildman–Crippen MR) is 44.8 cm³/mol. The molecule has 0 spiro atoms. The molecule has 0 saturated carbocycles. The number of nitrogens with one attached hydrogen (secondary N) is 1. The zero-order chi connectivity index (χ0) is 6.97. The summed E-state index contributed by atoms with van der Waals surface area (Å²) in [6.45, 7) is 0. The maximum absolute atomic E-state index is 3.38. The van der Waals surface area contributed by atoms with E-state index in [1.807, 2.05) is 24.4 Å². The van der Waals surface area contributed by atoms with Crippen molar-refractivity contribution in [2.24, 2.45) is 0 Å². The van der Waals surface area contributed by atoms with Gasteiger partial charge in [0.05, 0.1) is 0 Å². The third-order valence-electron chi connectivity index (χ3n) is 1.44. The van der Waals surface area contributed by atoms with Crippen molar-refractivity contribution in [2.45, 2.75) is 0 Å². The molecule has 0 unspecified atom stereocenters. The highest BCUT2D eigenvalue weighted by Crippen LogP contribution is 2.17. The van der Waals surface area contributed by atoms with Gasteiger partial charge in [-0.15, -0.1) is 0 Å². The van der Waals surface area contributed by atoms with Crippen LogP contribution in [0.2, 0.25) is 0 Å². The average molecular weight is 195 g/mol. The molecule has 1 aromatic heterocycles. The van der Waals surface area contributed by atoms with Gasteiger partial charge in [-0.1, -0.05) is 15.9 Å². The molecule has 0 aliphatic heterocycles. The Hall–Kier alpha value is -0.760. The molecule has 0 saturated heterocycles. The molecule has 0 aliphatic carbocycles. The molecule has 0 fully saturated rings. The number of hydrogen-bond donors (Lipinski definition) is 1. The van der Waals surface area contributed by atoms with Gasteiger partial charge in [-0.25, -0.2) is 0 Å². The van der Waals surface area contributed by atoms with Crippen LogP contribution < -0.4 is 0 Å². The minimum Gasteiger partial charge on any atom is -0.361 e. The Morgan fingerprint density at radius 2 is 2.30 bits per heavy atom. The molecule has 1 aromatic carbocycles. The van der Waals surface area contributed by atoms with Crippen LogP contribution in [0.25, 0.3) is 10.9 Å². The van der Waals surface area contributed by atoms with Gasteiger partial charge < -0.3 is 4.98 Å². The summed E-state index contributed by atoms with van der Waals surface area (Å²) in [6.07, 6.45) is 1.82. The van der Waals surface area contributed by atoms with E-state index in [1.54, 1.807) is 0 Å². The van der Waals surface area contributed by atoms with Crippen LogP contribution in [0.15, 0.2) is 28.9 Å². The number of H-pyrrole nitrogens is 1. The van der Waals surface area contributed by atoms with Crippen molar-refractivity contribution in [1.29, 1.82) is 0 Å². The second-order valence-corrected chi connectivity index (χ2v) is 3.04. The Labute approximate surface area is 67.2 Å². The number of rotatable bonds is 0. The SMILES string of the molecule is Brc1ccc2[nH]c[c]c2c1. The number of halogens is 1. The first kappa shape index (κ1) is 5.98. The Morgan fingerprint density at radius 3 is 3.20 bits per heavy atom. The molecule has 49 valence electrons. The number of aromatic nitrogens is 1. The second-order valence-electron chi connectivity index (χ2n) is 2.12. The van der Waals surface area contributed by atoms with E-state index >= 15 is 0 Å². The lowest BCUT2D eigenvalue weighted by Crippen LogP contribution is -1.65. The van der Waals surface area contributed by atoms with E-state index < -0.39 is 0 Å². The molecule has 1 heterocycles. The van der Waals surface area contributed by atoms with Crippen molar-refractivity contribution in [3.63, 3.8) is 0 Å². The van der Waals surface area contributed by atoms with Crippen LogP contribution in [0.5, 0.6) is 0 Å². The van der Waals surface area contributed by atoms with Crippen molar-refractivity contribution in [3.8, 4) is 0 Å². The number of benzene rings is 1. The molecule has 2 rings (SSSR count). The molecule has 2 aromatic rings. The van der Waals surface area contributed by atoms with Crippen LogP contribution in [0, 0.1) is 6.07 Å². The van der Waals surface area contributed by atoms with Gasteiger partial charge in [0.2, 0.25) is 0 Å². The molecule has 0 aliphatic rings. The van der Waals surface area contributed by atoms with Crippen molar-refractivity contribution >= 4 is 26.8 Å². The smallest absolute Gasteiger partial charge is 0.0461 e. The quantitative estimate of drug-likeness (QED) is 0.665. The largest absolute Gasteiger partial charge is 0.361 e. The number of aromatic amines is 1. The van der Waals surface area contributed by atoms with Crippen LogP contribution >= 0.6 is 15.9 Å². The van der Waals surface area contributed by atoms with Crippen molar-refractivity contribution in [3.05, 3.63) is 34.9 Å². The first-order valence-corrected chi connectivity index (χ1v) is 3.80. The van der Waals surface area contributed by atoms with Gasteiger partial charge in [-0.05, 0) is 18.2 Å². The molecular formula is C8H5BrN. The Kier molecular flexibility index (Phi) is 1.27. The van der Waals surface area contributed by atoms with Gasteiger partial charge in [0.25, 0.3) is 0 Å². The van der Waals surface area contributed by atoms with E-state index in [2.05, 4.69) is 27.0 Å². The highest BCUT2D eigenvalue weighted by Gasteiger charge is 1.92. The topological polar surface area (TPSA) is 15.8 Å². The normalized spacial score (nSPS) is 10.5. The van der Waals surface area contributed by atoms with Gasteiger partial charge in [0.15, 0.2) is 0 Å². The number of fused-ring (bicyclic) bond motifs is 1. The van der Waals surface area contributed by atoms with Gasteiger partial charge in [-0.2, -0.15) is 0 Å². The Morgan fingerprint density at radius 1 is 1.40 bits per heavy atom. The first-order valence-electron chi connectivity index (χ1n) is 3.00. The van der Waals surface area contributed by atoms with Crippen molar-refractivity contribution in [1.82, 2.24) is 4.98 Å². The third kappa shape index (κ3) is 0.847. The van der Waals surface area contributed by atoms with E-state index in [1.165, 1.54) is 0 Å². The summed E-state index contributed by atoms with van der Waals surface area (Å²) in [4.78, 5) is 3.07. The summed E-state index contributed by atoms with van der Waals surface area (Å²) in [5, 5.41) is 1.12. The standard InChI is InChI=1S/C8H5BrN/c9-7-1-2-8-6(5-7)3-4-10-8/h1-2,4-5,10H. The molecule has 0 amide bonds.